The maximum atomic E-state index is 14.7. The van der Waals surface area contributed by atoms with E-state index >= 15 is 0 Å². The van der Waals surface area contributed by atoms with E-state index < -0.39 is 71.0 Å². The molecule has 0 spiro atoms. The summed E-state index contributed by atoms with van der Waals surface area (Å²) in [5.74, 6) is -6.99. The van der Waals surface area contributed by atoms with Crippen molar-refractivity contribution in [1.82, 2.24) is 19.8 Å². The number of aromatic hydroxyl groups is 1. The van der Waals surface area contributed by atoms with Crippen LogP contribution in [0.2, 0.25) is 5.02 Å². The highest BCUT2D eigenvalue weighted by atomic mass is 35.5. The van der Waals surface area contributed by atoms with Crippen LogP contribution in [0.3, 0.4) is 0 Å². The van der Waals surface area contributed by atoms with Gasteiger partial charge in [-0.2, -0.15) is 0 Å². The lowest BCUT2D eigenvalue weighted by Crippen LogP contribution is -2.52. The maximum absolute atomic E-state index is 14.7. The number of nitrogens with zero attached hydrogens (tertiary/aromatic N) is 3. The standard InChI is InChI=1S/C20H18ClF3N4O4/c1-2-27-12-3-5-20(23,24)17(12)28-8-9(15(29)16(30)14(28)19(27)32)18(31)26-7-11-13(22)10(21)4-6-25-11/h4,6,8,12,17,30H,2-3,5,7H2,1H3,(H,26,31)/t12-,17-/m0/s1. The Hall–Kier alpha value is -3.08. The van der Waals surface area contributed by atoms with E-state index in [-0.39, 0.29) is 23.7 Å². The van der Waals surface area contributed by atoms with E-state index in [4.69, 9.17) is 11.6 Å². The molecule has 170 valence electrons. The van der Waals surface area contributed by atoms with Gasteiger partial charge < -0.3 is 19.9 Å². The smallest absolute Gasteiger partial charge is 0.274 e. The fraction of sp³-hybridized carbons (Fsp3) is 0.400. The Kier molecular flexibility index (Phi) is 5.40. The molecule has 1 fully saturated rings. The van der Waals surface area contributed by atoms with Crippen LogP contribution in [0.25, 0.3) is 0 Å². The molecule has 0 saturated heterocycles. The van der Waals surface area contributed by atoms with Crippen LogP contribution in [-0.2, 0) is 6.54 Å². The lowest BCUT2D eigenvalue weighted by molar-refractivity contribution is -0.0488. The quantitative estimate of drug-likeness (QED) is 0.714. The molecule has 12 heteroatoms. The van der Waals surface area contributed by atoms with Crippen LogP contribution in [0.1, 0.15) is 52.3 Å². The summed E-state index contributed by atoms with van der Waals surface area (Å²) in [6.07, 6.45) is 1.63. The number of likely N-dealkylation sites (N-methyl/N-ethyl adjacent to an activating group) is 1. The molecular weight excluding hydrogens is 453 g/mol. The van der Waals surface area contributed by atoms with Gasteiger partial charge in [0.1, 0.15) is 11.6 Å². The molecule has 2 aromatic heterocycles. The predicted molar refractivity (Wildman–Crippen MR) is 106 cm³/mol. The van der Waals surface area contributed by atoms with Crippen LogP contribution < -0.4 is 10.7 Å². The Labute approximate surface area is 184 Å². The minimum atomic E-state index is -3.23. The first-order valence-corrected chi connectivity index (χ1v) is 10.2. The topological polar surface area (TPSA) is 105 Å². The van der Waals surface area contributed by atoms with E-state index in [1.807, 2.05) is 0 Å². The van der Waals surface area contributed by atoms with E-state index in [9.17, 15) is 32.7 Å². The van der Waals surface area contributed by atoms with Gasteiger partial charge in [-0.25, -0.2) is 13.2 Å². The SMILES string of the molecule is CCN1C(=O)c2c(O)c(=O)c(C(=O)NCc3nccc(Cl)c3F)cn2[C@H]2[C@@H]1CCC2(F)F. The number of carbonyl (C=O) groups excluding carboxylic acids is 2. The molecule has 2 aromatic rings. The number of pyridine rings is 2. The molecule has 0 unspecified atom stereocenters. The van der Waals surface area contributed by atoms with Gasteiger partial charge in [0, 0.05) is 25.4 Å². The molecule has 4 rings (SSSR count). The lowest BCUT2D eigenvalue weighted by Gasteiger charge is -2.41. The van der Waals surface area contributed by atoms with E-state index in [1.54, 1.807) is 6.92 Å². The first kappa shape index (κ1) is 22.1. The van der Waals surface area contributed by atoms with Gasteiger partial charge in [0.15, 0.2) is 17.3 Å². The zero-order valence-corrected chi connectivity index (χ0v) is 17.5. The summed E-state index contributed by atoms with van der Waals surface area (Å²) in [4.78, 5) is 43.0. The molecule has 32 heavy (non-hydrogen) atoms. The van der Waals surface area contributed by atoms with Crippen molar-refractivity contribution in [3.8, 4) is 5.75 Å². The fourth-order valence-electron chi connectivity index (χ4n) is 4.36. The summed E-state index contributed by atoms with van der Waals surface area (Å²) < 4.78 is 44.3. The second-order valence-electron chi connectivity index (χ2n) is 7.62. The number of alkyl halides is 2. The molecule has 2 N–H and O–H groups in total. The summed E-state index contributed by atoms with van der Waals surface area (Å²) >= 11 is 5.67. The number of nitrogens with one attached hydrogen (secondary N) is 1. The second-order valence-corrected chi connectivity index (χ2v) is 8.02. The van der Waals surface area contributed by atoms with Crippen molar-refractivity contribution in [3.63, 3.8) is 0 Å². The molecule has 2 aliphatic rings. The highest BCUT2D eigenvalue weighted by molar-refractivity contribution is 6.30. The van der Waals surface area contributed by atoms with Crippen molar-refractivity contribution in [3.05, 3.63) is 56.5 Å². The molecule has 0 radical (unpaired) electrons. The highest BCUT2D eigenvalue weighted by Crippen LogP contribution is 2.49. The van der Waals surface area contributed by atoms with Crippen molar-refractivity contribution in [2.75, 3.05) is 6.54 Å². The van der Waals surface area contributed by atoms with E-state index in [0.29, 0.717) is 0 Å². The van der Waals surface area contributed by atoms with Crippen molar-refractivity contribution >= 4 is 23.4 Å². The number of fused-ring (bicyclic) bond motifs is 3. The van der Waals surface area contributed by atoms with Gasteiger partial charge in [-0.1, -0.05) is 11.6 Å². The summed E-state index contributed by atoms with van der Waals surface area (Å²) in [6, 6.07) is -1.18. The Morgan fingerprint density at radius 2 is 2.12 bits per heavy atom. The number of hydrogen-bond acceptors (Lipinski definition) is 5. The third-order valence-corrected chi connectivity index (χ3v) is 6.15. The van der Waals surface area contributed by atoms with Crippen molar-refractivity contribution in [2.45, 2.75) is 44.3 Å². The average molecular weight is 471 g/mol. The number of halogens is 4. The number of aromatic nitrogens is 2. The normalized spacial score (nSPS) is 21.3. The molecule has 8 nitrogen and oxygen atoms in total. The first-order chi connectivity index (χ1) is 15.1. The van der Waals surface area contributed by atoms with Crippen LogP contribution in [0, 0.1) is 5.82 Å². The van der Waals surface area contributed by atoms with Gasteiger partial charge in [-0.15, -0.1) is 0 Å². The molecule has 1 saturated carbocycles. The van der Waals surface area contributed by atoms with E-state index in [1.165, 1.54) is 17.2 Å². The first-order valence-electron chi connectivity index (χ1n) is 9.82. The van der Waals surface area contributed by atoms with Gasteiger partial charge in [-0.3, -0.25) is 19.4 Å². The highest BCUT2D eigenvalue weighted by Gasteiger charge is 2.57. The molecular formula is C20H18ClF3N4O4. The largest absolute Gasteiger partial charge is 0.503 e. The zero-order valence-electron chi connectivity index (χ0n) is 16.7. The zero-order chi connectivity index (χ0) is 23.4. The van der Waals surface area contributed by atoms with E-state index in [0.717, 1.165) is 10.8 Å². The summed E-state index contributed by atoms with van der Waals surface area (Å²) in [6.45, 7) is 1.28. The third kappa shape index (κ3) is 3.31. The minimum Gasteiger partial charge on any atom is -0.503 e. The molecule has 3 heterocycles. The van der Waals surface area contributed by atoms with Crippen LogP contribution >= 0.6 is 11.6 Å². The van der Waals surface area contributed by atoms with Gasteiger partial charge >= 0.3 is 0 Å². The number of amides is 2. The van der Waals surface area contributed by atoms with E-state index in [2.05, 4.69) is 10.3 Å². The van der Waals surface area contributed by atoms with Crippen LogP contribution in [0.5, 0.6) is 5.75 Å². The molecule has 0 bridgehead atoms. The van der Waals surface area contributed by atoms with Crippen LogP contribution in [0.4, 0.5) is 13.2 Å². The maximum Gasteiger partial charge on any atom is 0.274 e. The predicted octanol–water partition coefficient (Wildman–Crippen LogP) is 2.49. The average Bonchev–Trinajstić information content (AvgIpc) is 3.06. The molecule has 1 aliphatic carbocycles. The minimum absolute atomic E-state index is 0.0326. The summed E-state index contributed by atoms with van der Waals surface area (Å²) in [5, 5.41) is 12.5. The van der Waals surface area contributed by atoms with Gasteiger partial charge in [0.2, 0.25) is 5.43 Å². The number of carbonyl (C=O) groups is 2. The summed E-state index contributed by atoms with van der Waals surface area (Å²) in [7, 11) is 0. The van der Waals surface area contributed by atoms with Gasteiger partial charge in [0.05, 0.1) is 23.3 Å². The van der Waals surface area contributed by atoms with Crippen molar-refractivity contribution in [1.29, 1.82) is 0 Å². The van der Waals surface area contributed by atoms with Crippen LogP contribution in [0.15, 0.2) is 23.3 Å². The Bertz CT molecular complexity index is 1190. The molecule has 1 aliphatic heterocycles. The van der Waals surface area contributed by atoms with Crippen LogP contribution in [-0.4, -0.2) is 49.9 Å². The Morgan fingerprint density at radius 1 is 1.41 bits per heavy atom. The summed E-state index contributed by atoms with van der Waals surface area (Å²) in [5.41, 5.74) is -2.65. The molecule has 2 atom stereocenters. The molecule has 0 aromatic carbocycles. The third-order valence-electron chi connectivity index (χ3n) is 5.86. The van der Waals surface area contributed by atoms with Gasteiger partial charge in [-0.05, 0) is 19.4 Å². The van der Waals surface area contributed by atoms with Crippen molar-refractivity contribution in [2.24, 2.45) is 0 Å². The number of rotatable bonds is 4. The second kappa shape index (κ2) is 7.80. The Morgan fingerprint density at radius 3 is 2.81 bits per heavy atom. The van der Waals surface area contributed by atoms with Gasteiger partial charge in [0.25, 0.3) is 17.7 Å². The van der Waals surface area contributed by atoms with Crippen molar-refractivity contribution < 1.29 is 27.9 Å². The Balaban J connectivity index is 1.75. The monoisotopic (exact) mass is 470 g/mol. The molecule has 2 amide bonds. The fourth-order valence-corrected chi connectivity index (χ4v) is 4.53. The lowest BCUT2D eigenvalue weighted by atomic mass is 10.0. The number of hydrogen-bond donors (Lipinski definition) is 2.